The first-order valence-corrected chi connectivity index (χ1v) is 6.84. The molecule has 0 aliphatic rings. The molecule has 0 unspecified atom stereocenters. The van der Waals surface area contributed by atoms with Gasteiger partial charge in [0.25, 0.3) is 5.56 Å². The maximum Gasteiger partial charge on any atom is 0.264 e. The Morgan fingerprint density at radius 3 is 2.89 bits per heavy atom. The molecule has 1 aromatic heterocycles. The van der Waals surface area contributed by atoms with Gasteiger partial charge < -0.3 is 0 Å². The first kappa shape index (κ1) is 13.4. The summed E-state index contributed by atoms with van der Waals surface area (Å²) in [4.78, 5) is 12.1. The summed E-state index contributed by atoms with van der Waals surface area (Å²) < 4.78 is 0. The van der Waals surface area contributed by atoms with E-state index in [4.69, 9.17) is 0 Å². The molecule has 0 saturated carbocycles. The molecule has 2 rings (SSSR count). The maximum atomic E-state index is 10.9. The van der Waals surface area contributed by atoms with Crippen molar-refractivity contribution in [2.24, 2.45) is 0 Å². The number of rotatable bonds is 5. The van der Waals surface area contributed by atoms with Crippen LogP contribution in [0.4, 0.5) is 0 Å². The molecule has 0 bridgehead atoms. The monoisotopic (exact) mass is 270 g/mol. The van der Waals surface area contributed by atoms with Crippen LogP contribution < -0.4 is 5.56 Å². The van der Waals surface area contributed by atoms with Crippen molar-refractivity contribution in [2.45, 2.75) is 4.90 Å². The normalized spacial score (nSPS) is 10.7. The van der Waals surface area contributed by atoms with E-state index in [-0.39, 0.29) is 5.56 Å². The lowest BCUT2D eigenvalue weighted by atomic mass is 10.2. The molecule has 1 aromatic carbocycles. The number of H-pyrrole nitrogens is 1. The Morgan fingerprint density at radius 2 is 2.16 bits per heavy atom. The third-order valence-corrected chi connectivity index (χ3v) is 3.36. The highest BCUT2D eigenvalue weighted by molar-refractivity contribution is 7.99. The predicted octanol–water partition coefficient (Wildman–Crippen LogP) is 3.22. The molecule has 0 aliphatic heterocycles. The quantitative estimate of drug-likeness (QED) is 0.670. The minimum atomic E-state index is -0.194. The lowest BCUT2D eigenvalue weighted by Crippen LogP contribution is -2.05. The highest BCUT2D eigenvalue weighted by Gasteiger charge is 1.94. The number of hydrogen-bond acceptors (Lipinski definition) is 3. The minimum absolute atomic E-state index is 0.194. The summed E-state index contributed by atoms with van der Waals surface area (Å²) in [5.74, 6) is 0.897. The van der Waals surface area contributed by atoms with E-state index < -0.39 is 0 Å². The lowest BCUT2D eigenvalue weighted by molar-refractivity contribution is 0.977. The molecular weight excluding hydrogens is 256 g/mol. The van der Waals surface area contributed by atoms with Crippen molar-refractivity contribution in [3.05, 3.63) is 70.7 Å². The number of nitrogens with one attached hydrogen (secondary N) is 1. The van der Waals surface area contributed by atoms with Gasteiger partial charge in [-0.05, 0) is 29.8 Å². The average molecular weight is 270 g/mol. The standard InChI is InChI=1S/C15H14N2OS/c1-2-10-19-14-5-3-4-12(11-14)6-7-13-8-9-15(18)17-16-13/h2-9,11H,1,10H2,(H,17,18)/b7-6+. The van der Waals surface area contributed by atoms with Crippen LogP contribution in [-0.2, 0) is 0 Å². The van der Waals surface area contributed by atoms with Gasteiger partial charge in [-0.2, -0.15) is 5.10 Å². The van der Waals surface area contributed by atoms with Crippen molar-refractivity contribution >= 4 is 23.9 Å². The molecule has 0 radical (unpaired) electrons. The second-order valence-electron chi connectivity index (χ2n) is 3.85. The van der Waals surface area contributed by atoms with Gasteiger partial charge in [0, 0.05) is 16.7 Å². The Kier molecular flexibility index (Phi) is 4.75. The summed E-state index contributed by atoms with van der Waals surface area (Å²) in [6, 6.07) is 11.4. The Labute approximate surface area is 116 Å². The van der Waals surface area contributed by atoms with Crippen molar-refractivity contribution in [1.29, 1.82) is 0 Å². The van der Waals surface area contributed by atoms with Gasteiger partial charge in [-0.1, -0.05) is 24.3 Å². The van der Waals surface area contributed by atoms with Crippen molar-refractivity contribution in [2.75, 3.05) is 5.75 Å². The topological polar surface area (TPSA) is 45.8 Å². The van der Waals surface area contributed by atoms with Gasteiger partial charge in [0.2, 0.25) is 0 Å². The number of aromatic nitrogens is 2. The molecule has 0 fully saturated rings. The van der Waals surface area contributed by atoms with Crippen molar-refractivity contribution in [3.63, 3.8) is 0 Å². The first-order chi connectivity index (χ1) is 9.28. The number of nitrogens with zero attached hydrogens (tertiary/aromatic N) is 1. The molecular formula is C15H14N2OS. The van der Waals surface area contributed by atoms with Crippen molar-refractivity contribution < 1.29 is 0 Å². The van der Waals surface area contributed by atoms with E-state index in [0.717, 1.165) is 17.0 Å². The van der Waals surface area contributed by atoms with Gasteiger partial charge in [-0.25, -0.2) is 5.10 Å². The van der Waals surface area contributed by atoms with E-state index in [2.05, 4.69) is 28.9 Å². The number of hydrogen-bond donors (Lipinski definition) is 1. The van der Waals surface area contributed by atoms with Gasteiger partial charge in [0.05, 0.1) is 5.69 Å². The van der Waals surface area contributed by atoms with Crippen LogP contribution in [-0.4, -0.2) is 16.0 Å². The smallest absolute Gasteiger partial charge is 0.264 e. The third-order valence-electron chi connectivity index (χ3n) is 2.37. The highest BCUT2D eigenvalue weighted by atomic mass is 32.2. The van der Waals surface area contributed by atoms with E-state index in [1.54, 1.807) is 17.8 Å². The van der Waals surface area contributed by atoms with E-state index in [9.17, 15) is 4.79 Å². The van der Waals surface area contributed by atoms with Crippen molar-refractivity contribution in [1.82, 2.24) is 10.2 Å². The van der Waals surface area contributed by atoms with Crippen LogP contribution in [0.15, 0.2) is 58.7 Å². The largest absolute Gasteiger partial charge is 0.268 e. The summed E-state index contributed by atoms with van der Waals surface area (Å²) in [7, 11) is 0. The Bertz CT molecular complexity index is 626. The minimum Gasteiger partial charge on any atom is -0.268 e. The van der Waals surface area contributed by atoms with Gasteiger partial charge >= 0.3 is 0 Å². The molecule has 0 aliphatic carbocycles. The summed E-state index contributed by atoms with van der Waals surface area (Å²) in [5.41, 5.74) is 1.63. The second kappa shape index (κ2) is 6.75. The molecule has 4 heteroatoms. The van der Waals surface area contributed by atoms with E-state index in [1.807, 2.05) is 30.4 Å². The van der Waals surface area contributed by atoms with Crippen LogP contribution in [0.2, 0.25) is 0 Å². The molecule has 19 heavy (non-hydrogen) atoms. The number of aromatic amines is 1. The Morgan fingerprint density at radius 1 is 1.26 bits per heavy atom. The summed E-state index contributed by atoms with van der Waals surface area (Å²) in [5, 5.41) is 6.33. The fraction of sp³-hybridized carbons (Fsp3) is 0.0667. The maximum absolute atomic E-state index is 10.9. The second-order valence-corrected chi connectivity index (χ2v) is 4.94. The van der Waals surface area contributed by atoms with E-state index >= 15 is 0 Å². The third kappa shape index (κ3) is 4.26. The SMILES string of the molecule is C=CCSc1cccc(/C=C/c2ccc(=O)[nH]n2)c1. The molecule has 1 heterocycles. The Hall–Kier alpha value is -2.07. The summed E-state index contributed by atoms with van der Waals surface area (Å²) in [6.07, 6.45) is 5.73. The summed E-state index contributed by atoms with van der Waals surface area (Å²) in [6.45, 7) is 3.71. The zero-order valence-corrected chi connectivity index (χ0v) is 11.2. The lowest BCUT2D eigenvalue weighted by Gasteiger charge is -2.00. The molecule has 96 valence electrons. The van der Waals surface area contributed by atoms with Gasteiger partial charge in [0.1, 0.15) is 0 Å². The van der Waals surface area contributed by atoms with E-state index in [1.165, 1.54) is 11.0 Å². The van der Waals surface area contributed by atoms with E-state index in [0.29, 0.717) is 0 Å². The molecule has 0 atom stereocenters. The van der Waals surface area contributed by atoms with Crippen molar-refractivity contribution in [3.8, 4) is 0 Å². The highest BCUT2D eigenvalue weighted by Crippen LogP contribution is 2.20. The fourth-order valence-electron chi connectivity index (χ4n) is 1.49. The fourth-order valence-corrected chi connectivity index (χ4v) is 2.20. The first-order valence-electron chi connectivity index (χ1n) is 5.85. The summed E-state index contributed by atoms with van der Waals surface area (Å²) >= 11 is 1.74. The van der Waals surface area contributed by atoms with Crippen LogP contribution in [0.5, 0.6) is 0 Å². The molecule has 0 amide bonds. The molecule has 2 aromatic rings. The van der Waals surface area contributed by atoms with Crippen LogP contribution in [0.1, 0.15) is 11.3 Å². The molecule has 1 N–H and O–H groups in total. The molecule has 3 nitrogen and oxygen atoms in total. The Balaban J connectivity index is 2.11. The zero-order valence-electron chi connectivity index (χ0n) is 10.4. The molecule has 0 spiro atoms. The van der Waals surface area contributed by atoms with Crippen LogP contribution in [0.25, 0.3) is 12.2 Å². The van der Waals surface area contributed by atoms with Crippen LogP contribution >= 0.6 is 11.8 Å². The van der Waals surface area contributed by atoms with Gasteiger partial charge in [0.15, 0.2) is 0 Å². The van der Waals surface area contributed by atoms with Crippen LogP contribution in [0, 0.1) is 0 Å². The van der Waals surface area contributed by atoms with Crippen LogP contribution in [0.3, 0.4) is 0 Å². The van der Waals surface area contributed by atoms with Gasteiger partial charge in [-0.3, -0.25) is 4.79 Å². The number of thioether (sulfide) groups is 1. The zero-order chi connectivity index (χ0) is 13.5. The average Bonchev–Trinajstić information content (AvgIpc) is 2.45. The predicted molar refractivity (Wildman–Crippen MR) is 81.1 cm³/mol. The van der Waals surface area contributed by atoms with Gasteiger partial charge in [-0.15, -0.1) is 18.3 Å². The molecule has 0 saturated heterocycles. The number of benzene rings is 1.